The van der Waals surface area contributed by atoms with Gasteiger partial charge in [0.25, 0.3) is 0 Å². The standard InChI is InChI=1S/C12H21N/c1-5-7-11-9(3)10(4)13-12(11)8-6-2/h13H,5-8H2,1-4H3. The molecule has 0 fully saturated rings. The zero-order valence-corrected chi connectivity index (χ0v) is 9.33. The molecule has 0 aliphatic carbocycles. The predicted octanol–water partition coefficient (Wildman–Crippen LogP) is 3.54. The predicted molar refractivity (Wildman–Crippen MR) is 58.3 cm³/mol. The topological polar surface area (TPSA) is 15.8 Å². The molecule has 0 aliphatic rings. The molecule has 1 heterocycles. The Morgan fingerprint density at radius 3 is 2.15 bits per heavy atom. The van der Waals surface area contributed by atoms with Gasteiger partial charge in [-0.25, -0.2) is 0 Å². The van der Waals surface area contributed by atoms with Gasteiger partial charge in [-0.3, -0.25) is 0 Å². The first kappa shape index (κ1) is 10.4. The molecule has 0 atom stereocenters. The Morgan fingerprint density at radius 1 is 1.00 bits per heavy atom. The maximum atomic E-state index is 3.50. The highest BCUT2D eigenvalue weighted by Crippen LogP contribution is 2.20. The van der Waals surface area contributed by atoms with Crippen molar-refractivity contribution in [2.24, 2.45) is 0 Å². The van der Waals surface area contributed by atoms with E-state index in [-0.39, 0.29) is 0 Å². The minimum Gasteiger partial charge on any atom is -0.362 e. The number of hydrogen-bond acceptors (Lipinski definition) is 0. The maximum absolute atomic E-state index is 3.50. The van der Waals surface area contributed by atoms with Gasteiger partial charge < -0.3 is 4.98 Å². The molecule has 0 amide bonds. The average Bonchev–Trinajstić information content (AvgIpc) is 2.34. The van der Waals surface area contributed by atoms with Crippen LogP contribution in [0.25, 0.3) is 0 Å². The molecule has 13 heavy (non-hydrogen) atoms. The molecule has 74 valence electrons. The Labute approximate surface area is 81.6 Å². The van der Waals surface area contributed by atoms with Crippen LogP contribution in [0.2, 0.25) is 0 Å². The Morgan fingerprint density at radius 2 is 1.62 bits per heavy atom. The highest BCUT2D eigenvalue weighted by molar-refractivity contribution is 5.35. The molecule has 0 radical (unpaired) electrons. The second-order valence-electron chi connectivity index (χ2n) is 3.83. The van der Waals surface area contributed by atoms with Crippen molar-refractivity contribution >= 4 is 0 Å². The van der Waals surface area contributed by atoms with Crippen molar-refractivity contribution in [3.8, 4) is 0 Å². The highest BCUT2D eigenvalue weighted by Gasteiger charge is 2.09. The SMILES string of the molecule is CCCc1[nH]c(C)c(C)c1CCC. The summed E-state index contributed by atoms with van der Waals surface area (Å²) in [5, 5.41) is 0. The summed E-state index contributed by atoms with van der Waals surface area (Å²) in [4.78, 5) is 3.50. The Kier molecular flexibility index (Phi) is 3.58. The molecule has 0 unspecified atom stereocenters. The van der Waals surface area contributed by atoms with Crippen LogP contribution in [0.4, 0.5) is 0 Å². The van der Waals surface area contributed by atoms with E-state index in [1.54, 1.807) is 5.56 Å². The van der Waals surface area contributed by atoms with Gasteiger partial charge in [0.05, 0.1) is 0 Å². The van der Waals surface area contributed by atoms with Crippen LogP contribution in [0, 0.1) is 13.8 Å². The van der Waals surface area contributed by atoms with Gasteiger partial charge in [0.15, 0.2) is 0 Å². The van der Waals surface area contributed by atoms with Crippen LogP contribution < -0.4 is 0 Å². The molecule has 0 aliphatic heterocycles. The number of hydrogen-bond donors (Lipinski definition) is 1. The average molecular weight is 179 g/mol. The fraction of sp³-hybridized carbons (Fsp3) is 0.667. The summed E-state index contributed by atoms with van der Waals surface area (Å²) >= 11 is 0. The van der Waals surface area contributed by atoms with Gasteiger partial charge in [0.1, 0.15) is 0 Å². The van der Waals surface area contributed by atoms with E-state index in [0.29, 0.717) is 0 Å². The van der Waals surface area contributed by atoms with Crippen LogP contribution in [0.1, 0.15) is 49.2 Å². The molecule has 1 aromatic heterocycles. The second-order valence-corrected chi connectivity index (χ2v) is 3.83. The van der Waals surface area contributed by atoms with Crippen molar-refractivity contribution in [3.05, 3.63) is 22.5 Å². The van der Waals surface area contributed by atoms with E-state index >= 15 is 0 Å². The summed E-state index contributed by atoms with van der Waals surface area (Å²) in [7, 11) is 0. The number of aryl methyl sites for hydroxylation is 2. The molecule has 1 nitrogen and oxygen atoms in total. The van der Waals surface area contributed by atoms with E-state index in [1.807, 2.05) is 0 Å². The number of aromatic amines is 1. The van der Waals surface area contributed by atoms with Crippen molar-refractivity contribution in [3.63, 3.8) is 0 Å². The molecule has 0 saturated carbocycles. The number of H-pyrrole nitrogens is 1. The second kappa shape index (κ2) is 4.50. The van der Waals surface area contributed by atoms with Gasteiger partial charge in [-0.15, -0.1) is 0 Å². The fourth-order valence-electron chi connectivity index (χ4n) is 1.90. The summed E-state index contributed by atoms with van der Waals surface area (Å²) < 4.78 is 0. The lowest BCUT2D eigenvalue weighted by Crippen LogP contribution is -1.92. The normalized spacial score (nSPS) is 10.8. The largest absolute Gasteiger partial charge is 0.362 e. The van der Waals surface area contributed by atoms with Gasteiger partial charge in [-0.05, 0) is 37.8 Å². The summed E-state index contributed by atoms with van der Waals surface area (Å²) in [6, 6.07) is 0. The van der Waals surface area contributed by atoms with Crippen LogP contribution in [0.5, 0.6) is 0 Å². The van der Waals surface area contributed by atoms with Crippen molar-refractivity contribution in [2.75, 3.05) is 0 Å². The first-order valence-corrected chi connectivity index (χ1v) is 5.37. The first-order valence-electron chi connectivity index (χ1n) is 5.37. The quantitative estimate of drug-likeness (QED) is 0.727. The number of nitrogens with one attached hydrogen (secondary N) is 1. The van der Waals surface area contributed by atoms with Crippen LogP contribution >= 0.6 is 0 Å². The Bertz CT molecular complexity index is 271. The molecule has 1 aromatic rings. The molecule has 0 aromatic carbocycles. The lowest BCUT2D eigenvalue weighted by molar-refractivity contribution is 0.842. The van der Waals surface area contributed by atoms with Crippen molar-refractivity contribution < 1.29 is 0 Å². The van der Waals surface area contributed by atoms with E-state index in [2.05, 4.69) is 32.7 Å². The van der Waals surface area contributed by atoms with E-state index in [0.717, 1.165) is 0 Å². The smallest absolute Gasteiger partial charge is 0.0184 e. The van der Waals surface area contributed by atoms with E-state index < -0.39 is 0 Å². The first-order chi connectivity index (χ1) is 6.20. The third-order valence-electron chi connectivity index (χ3n) is 2.72. The van der Waals surface area contributed by atoms with Gasteiger partial charge in [-0.2, -0.15) is 0 Å². The lowest BCUT2D eigenvalue weighted by atomic mass is 10.0. The molecule has 1 N–H and O–H groups in total. The highest BCUT2D eigenvalue weighted by atomic mass is 14.7. The van der Waals surface area contributed by atoms with Crippen LogP contribution in [0.3, 0.4) is 0 Å². The van der Waals surface area contributed by atoms with E-state index in [9.17, 15) is 0 Å². The van der Waals surface area contributed by atoms with Crippen molar-refractivity contribution in [1.29, 1.82) is 0 Å². The van der Waals surface area contributed by atoms with Crippen LogP contribution in [0.15, 0.2) is 0 Å². The van der Waals surface area contributed by atoms with Crippen molar-refractivity contribution in [2.45, 2.75) is 53.4 Å². The van der Waals surface area contributed by atoms with Crippen molar-refractivity contribution in [1.82, 2.24) is 4.98 Å². The lowest BCUT2D eigenvalue weighted by Gasteiger charge is -2.02. The molecule has 0 spiro atoms. The van der Waals surface area contributed by atoms with Gasteiger partial charge in [-0.1, -0.05) is 26.7 Å². The van der Waals surface area contributed by atoms with E-state index in [1.165, 1.54) is 42.6 Å². The minimum atomic E-state index is 1.20. The minimum absolute atomic E-state index is 1.20. The summed E-state index contributed by atoms with van der Waals surface area (Å²) in [6.07, 6.45) is 4.90. The van der Waals surface area contributed by atoms with Crippen LogP contribution in [-0.4, -0.2) is 4.98 Å². The number of aromatic nitrogens is 1. The third-order valence-corrected chi connectivity index (χ3v) is 2.72. The Balaban J connectivity index is 2.96. The molecular weight excluding hydrogens is 158 g/mol. The number of rotatable bonds is 4. The molecule has 1 rings (SSSR count). The van der Waals surface area contributed by atoms with Gasteiger partial charge >= 0.3 is 0 Å². The summed E-state index contributed by atoms with van der Waals surface area (Å²) in [6.45, 7) is 8.89. The fourth-order valence-corrected chi connectivity index (χ4v) is 1.90. The maximum Gasteiger partial charge on any atom is 0.0184 e. The summed E-state index contributed by atoms with van der Waals surface area (Å²) in [5.74, 6) is 0. The zero-order chi connectivity index (χ0) is 9.84. The molecular formula is C12H21N. The zero-order valence-electron chi connectivity index (χ0n) is 9.33. The summed E-state index contributed by atoms with van der Waals surface area (Å²) in [5.41, 5.74) is 5.87. The Hall–Kier alpha value is -0.720. The monoisotopic (exact) mass is 179 g/mol. The van der Waals surface area contributed by atoms with Crippen LogP contribution in [-0.2, 0) is 12.8 Å². The van der Waals surface area contributed by atoms with Gasteiger partial charge in [0.2, 0.25) is 0 Å². The molecule has 0 bridgehead atoms. The molecule has 1 heteroatoms. The molecule has 0 saturated heterocycles. The third kappa shape index (κ3) is 2.15. The van der Waals surface area contributed by atoms with E-state index in [4.69, 9.17) is 0 Å². The van der Waals surface area contributed by atoms with Gasteiger partial charge in [0, 0.05) is 11.4 Å².